The van der Waals surface area contributed by atoms with E-state index in [-0.39, 0.29) is 22.1 Å². The molecule has 1 aliphatic heterocycles. The Kier molecular flexibility index (Phi) is 3.49. The van der Waals surface area contributed by atoms with E-state index < -0.39 is 11.0 Å². The second kappa shape index (κ2) is 4.90. The minimum atomic E-state index is -1.13. The van der Waals surface area contributed by atoms with Crippen LogP contribution >= 0.6 is 0 Å². The summed E-state index contributed by atoms with van der Waals surface area (Å²) in [6.07, 6.45) is 1.85. The summed E-state index contributed by atoms with van der Waals surface area (Å²) < 4.78 is 15.3. The van der Waals surface area contributed by atoms with E-state index >= 15 is 0 Å². The molecule has 1 aliphatic carbocycles. The monoisotopic (exact) mass is 320 g/mol. The first-order valence-electron chi connectivity index (χ1n) is 7.78. The average Bonchev–Trinajstić information content (AvgIpc) is 3.21. The van der Waals surface area contributed by atoms with Crippen LogP contribution in [0.25, 0.3) is 0 Å². The standard InChI is InChI=1S/C17H24N2O2S/c1-11(18-22(21)16(2,3)4)12-7-6-8-13-14(12)17(9-10-17)15(20)19(13)5/h6-8,11,18H,9-10H2,1-5H3. The molecular weight excluding hydrogens is 296 g/mol. The minimum Gasteiger partial charge on any atom is -0.314 e. The highest BCUT2D eigenvalue weighted by molar-refractivity contribution is 7.84. The fourth-order valence-corrected chi connectivity index (χ4v) is 4.05. The molecule has 1 fully saturated rings. The van der Waals surface area contributed by atoms with Gasteiger partial charge < -0.3 is 4.90 Å². The van der Waals surface area contributed by atoms with E-state index in [0.29, 0.717) is 0 Å². The van der Waals surface area contributed by atoms with Gasteiger partial charge in [-0.05, 0) is 57.7 Å². The molecule has 0 saturated heterocycles. The second-order valence-corrected chi connectivity index (χ2v) is 9.41. The molecule has 22 heavy (non-hydrogen) atoms. The molecule has 3 rings (SSSR count). The van der Waals surface area contributed by atoms with Crippen LogP contribution in [0, 0.1) is 0 Å². The van der Waals surface area contributed by atoms with Crippen molar-refractivity contribution in [2.24, 2.45) is 0 Å². The molecule has 1 spiro atoms. The van der Waals surface area contributed by atoms with Crippen molar-refractivity contribution in [2.45, 2.75) is 56.7 Å². The fourth-order valence-electron chi connectivity index (χ4n) is 3.25. The lowest BCUT2D eigenvalue weighted by molar-refractivity contribution is -0.119. The predicted molar refractivity (Wildman–Crippen MR) is 90.2 cm³/mol. The van der Waals surface area contributed by atoms with Crippen molar-refractivity contribution < 1.29 is 9.00 Å². The molecule has 1 aromatic carbocycles. The summed E-state index contributed by atoms with van der Waals surface area (Å²) >= 11 is 0. The molecule has 1 aromatic rings. The summed E-state index contributed by atoms with van der Waals surface area (Å²) in [7, 11) is 0.716. The van der Waals surface area contributed by atoms with Gasteiger partial charge in [-0.2, -0.15) is 0 Å². The summed E-state index contributed by atoms with van der Waals surface area (Å²) in [5.74, 6) is 0.207. The van der Waals surface area contributed by atoms with Crippen LogP contribution in [-0.2, 0) is 21.2 Å². The Balaban J connectivity index is 1.98. The van der Waals surface area contributed by atoms with E-state index in [1.54, 1.807) is 4.90 Å². The van der Waals surface area contributed by atoms with Crippen LogP contribution in [0.2, 0.25) is 0 Å². The first-order valence-corrected chi connectivity index (χ1v) is 8.93. The lowest BCUT2D eigenvalue weighted by Crippen LogP contribution is -2.35. The van der Waals surface area contributed by atoms with Gasteiger partial charge in [0.2, 0.25) is 5.91 Å². The summed E-state index contributed by atoms with van der Waals surface area (Å²) in [6.45, 7) is 7.89. The Bertz CT molecular complexity index is 659. The van der Waals surface area contributed by atoms with E-state index in [0.717, 1.165) is 29.7 Å². The molecule has 0 radical (unpaired) electrons. The molecule has 2 aliphatic rings. The van der Waals surface area contributed by atoms with E-state index in [1.165, 1.54) is 0 Å². The number of hydrogen-bond donors (Lipinski definition) is 1. The van der Waals surface area contributed by atoms with E-state index in [4.69, 9.17) is 0 Å². The molecule has 2 atom stereocenters. The van der Waals surface area contributed by atoms with Gasteiger partial charge in [-0.15, -0.1) is 0 Å². The van der Waals surface area contributed by atoms with Crippen LogP contribution in [0.3, 0.4) is 0 Å². The number of likely N-dealkylation sites (N-methyl/N-ethyl adjacent to an activating group) is 1. The number of anilines is 1. The Morgan fingerprint density at radius 1 is 1.32 bits per heavy atom. The highest BCUT2D eigenvalue weighted by Crippen LogP contribution is 2.58. The van der Waals surface area contributed by atoms with E-state index in [1.807, 2.05) is 46.9 Å². The van der Waals surface area contributed by atoms with Crippen molar-refractivity contribution in [2.75, 3.05) is 11.9 Å². The Morgan fingerprint density at radius 2 is 1.95 bits per heavy atom. The normalized spacial score (nSPS) is 21.9. The van der Waals surface area contributed by atoms with Crippen molar-refractivity contribution >= 4 is 22.6 Å². The highest BCUT2D eigenvalue weighted by atomic mass is 32.2. The third-order valence-corrected chi connectivity index (χ3v) is 6.37. The third-order valence-electron chi connectivity index (χ3n) is 4.69. The number of amides is 1. The number of carbonyl (C=O) groups is 1. The van der Waals surface area contributed by atoms with Crippen molar-refractivity contribution in [3.63, 3.8) is 0 Å². The van der Waals surface area contributed by atoms with Gasteiger partial charge in [0.05, 0.1) is 21.1 Å². The van der Waals surface area contributed by atoms with Crippen LogP contribution in [-0.4, -0.2) is 21.9 Å². The first-order chi connectivity index (χ1) is 10.2. The molecule has 5 heteroatoms. The van der Waals surface area contributed by atoms with E-state index in [2.05, 4.69) is 10.8 Å². The van der Waals surface area contributed by atoms with Crippen molar-refractivity contribution in [3.05, 3.63) is 29.3 Å². The Labute approximate surface area is 134 Å². The van der Waals surface area contributed by atoms with Gasteiger partial charge in [-0.1, -0.05) is 12.1 Å². The number of fused-ring (bicyclic) bond motifs is 2. The van der Waals surface area contributed by atoms with Gasteiger partial charge in [0.15, 0.2) is 0 Å². The Hall–Kier alpha value is -1.20. The molecule has 0 bridgehead atoms. The number of rotatable bonds is 3. The highest BCUT2D eigenvalue weighted by Gasteiger charge is 2.59. The number of benzene rings is 1. The number of nitrogens with one attached hydrogen (secondary N) is 1. The lowest BCUT2D eigenvalue weighted by atomic mass is 9.90. The van der Waals surface area contributed by atoms with Crippen molar-refractivity contribution in [1.29, 1.82) is 0 Å². The number of hydrogen-bond acceptors (Lipinski definition) is 2. The summed E-state index contributed by atoms with van der Waals surface area (Å²) in [4.78, 5) is 14.3. The van der Waals surface area contributed by atoms with Crippen LogP contribution in [0.15, 0.2) is 18.2 Å². The molecule has 1 saturated carbocycles. The molecule has 1 amide bonds. The summed E-state index contributed by atoms with van der Waals surface area (Å²) in [5.41, 5.74) is 2.95. The third kappa shape index (κ3) is 2.22. The zero-order valence-electron chi connectivity index (χ0n) is 13.9. The second-order valence-electron chi connectivity index (χ2n) is 7.41. The van der Waals surface area contributed by atoms with Crippen LogP contribution in [0.1, 0.15) is 57.7 Å². The average molecular weight is 320 g/mol. The van der Waals surface area contributed by atoms with Gasteiger partial charge >= 0.3 is 0 Å². The topological polar surface area (TPSA) is 49.4 Å². The maximum atomic E-state index is 12.5. The Morgan fingerprint density at radius 3 is 2.50 bits per heavy atom. The zero-order valence-corrected chi connectivity index (χ0v) is 14.7. The molecule has 4 nitrogen and oxygen atoms in total. The lowest BCUT2D eigenvalue weighted by Gasteiger charge is -2.24. The van der Waals surface area contributed by atoms with Gasteiger partial charge in [0, 0.05) is 18.8 Å². The van der Waals surface area contributed by atoms with Crippen molar-refractivity contribution in [1.82, 2.24) is 4.72 Å². The maximum absolute atomic E-state index is 12.5. The smallest absolute Gasteiger partial charge is 0.237 e. The number of nitrogens with zero attached hydrogens (tertiary/aromatic N) is 1. The van der Waals surface area contributed by atoms with Gasteiger partial charge in [0.25, 0.3) is 0 Å². The SMILES string of the molecule is CC(NS(=O)C(C)(C)C)c1cccc2c1C1(CC1)C(=O)N2C. The minimum absolute atomic E-state index is 0.0493. The maximum Gasteiger partial charge on any atom is 0.237 e. The molecular formula is C17H24N2O2S. The molecule has 1 N–H and O–H groups in total. The number of carbonyl (C=O) groups excluding carboxylic acids is 1. The predicted octanol–water partition coefficient (Wildman–Crippen LogP) is 2.81. The largest absolute Gasteiger partial charge is 0.314 e. The zero-order chi connectivity index (χ0) is 16.3. The van der Waals surface area contributed by atoms with Gasteiger partial charge in [0.1, 0.15) is 0 Å². The fraction of sp³-hybridized carbons (Fsp3) is 0.588. The first kappa shape index (κ1) is 15.7. The van der Waals surface area contributed by atoms with Gasteiger partial charge in [-0.25, -0.2) is 8.93 Å². The van der Waals surface area contributed by atoms with Crippen molar-refractivity contribution in [3.8, 4) is 0 Å². The van der Waals surface area contributed by atoms with E-state index in [9.17, 15) is 9.00 Å². The molecule has 2 unspecified atom stereocenters. The summed E-state index contributed by atoms with van der Waals surface area (Å²) in [5, 5.41) is 0. The van der Waals surface area contributed by atoms with Crippen LogP contribution in [0.5, 0.6) is 0 Å². The van der Waals surface area contributed by atoms with Gasteiger partial charge in [-0.3, -0.25) is 4.79 Å². The summed E-state index contributed by atoms with van der Waals surface area (Å²) in [6, 6.07) is 6.00. The molecule has 120 valence electrons. The molecule has 0 aromatic heterocycles. The quantitative estimate of drug-likeness (QED) is 0.931. The molecule has 1 heterocycles. The van der Waals surface area contributed by atoms with Crippen LogP contribution in [0.4, 0.5) is 5.69 Å². The van der Waals surface area contributed by atoms with Crippen LogP contribution < -0.4 is 9.62 Å².